The van der Waals surface area contributed by atoms with Crippen molar-refractivity contribution in [3.63, 3.8) is 0 Å². The van der Waals surface area contributed by atoms with Crippen LogP contribution in [0.5, 0.6) is 0 Å². The summed E-state index contributed by atoms with van der Waals surface area (Å²) in [6.45, 7) is 6.12. The highest BCUT2D eigenvalue weighted by Gasteiger charge is 2.26. The Labute approximate surface area is 168 Å². The Bertz CT molecular complexity index is 1100. The number of aryl methyl sites for hydroxylation is 2. The van der Waals surface area contributed by atoms with Crippen LogP contribution in [-0.2, 0) is 17.6 Å². The standard InChI is InChI=1S/C22H25N3O2S/c1-4-17(20(26)24-16-10-6-5-8-14(16)13(2)3)25-12-23-21-19(22(25)27)15-9-7-11-18(15)28-21/h5-6,8,10,12-13,17H,4,7,9,11H2,1-3H3,(H,24,26). The Balaban J connectivity index is 1.71. The predicted molar refractivity (Wildman–Crippen MR) is 114 cm³/mol. The van der Waals surface area contributed by atoms with Gasteiger partial charge in [0.2, 0.25) is 5.91 Å². The zero-order valence-electron chi connectivity index (χ0n) is 16.5. The number of carbonyl (C=O) groups excluding carboxylic acids is 1. The number of carbonyl (C=O) groups is 1. The van der Waals surface area contributed by atoms with E-state index in [4.69, 9.17) is 0 Å². The van der Waals surface area contributed by atoms with Crippen LogP contribution in [0.3, 0.4) is 0 Å². The number of hydrogen-bond acceptors (Lipinski definition) is 4. The quantitative estimate of drug-likeness (QED) is 0.683. The third-order valence-corrected chi connectivity index (χ3v) is 6.72. The Kier molecular flexibility index (Phi) is 5.06. The molecule has 0 bridgehead atoms. The minimum atomic E-state index is -0.582. The molecular weight excluding hydrogens is 370 g/mol. The molecule has 1 amide bonds. The number of anilines is 1. The molecule has 5 nitrogen and oxygen atoms in total. The van der Waals surface area contributed by atoms with Gasteiger partial charge in [0.05, 0.1) is 11.7 Å². The molecule has 0 saturated heterocycles. The van der Waals surface area contributed by atoms with E-state index in [9.17, 15) is 9.59 Å². The molecule has 2 aromatic heterocycles. The van der Waals surface area contributed by atoms with Crippen molar-refractivity contribution in [2.24, 2.45) is 0 Å². The summed E-state index contributed by atoms with van der Waals surface area (Å²) in [6.07, 6.45) is 5.11. The van der Waals surface area contributed by atoms with Gasteiger partial charge in [-0.2, -0.15) is 0 Å². The Morgan fingerprint density at radius 1 is 1.29 bits per heavy atom. The summed E-state index contributed by atoms with van der Waals surface area (Å²) in [6, 6.07) is 7.24. The zero-order valence-corrected chi connectivity index (χ0v) is 17.3. The number of benzene rings is 1. The van der Waals surface area contributed by atoms with Crippen LogP contribution in [0.2, 0.25) is 0 Å². The fourth-order valence-corrected chi connectivity index (χ4v) is 5.28. The van der Waals surface area contributed by atoms with Crippen LogP contribution in [-0.4, -0.2) is 15.5 Å². The van der Waals surface area contributed by atoms with Crippen molar-refractivity contribution in [1.82, 2.24) is 9.55 Å². The summed E-state index contributed by atoms with van der Waals surface area (Å²) < 4.78 is 1.51. The van der Waals surface area contributed by atoms with Crippen molar-refractivity contribution in [3.05, 3.63) is 57.0 Å². The molecule has 1 N–H and O–H groups in total. The van der Waals surface area contributed by atoms with E-state index in [0.717, 1.165) is 40.9 Å². The van der Waals surface area contributed by atoms with Gasteiger partial charge in [0, 0.05) is 10.6 Å². The topological polar surface area (TPSA) is 64.0 Å². The van der Waals surface area contributed by atoms with Crippen LogP contribution in [0.4, 0.5) is 5.69 Å². The Hall–Kier alpha value is -2.47. The molecule has 1 aliphatic carbocycles. The summed E-state index contributed by atoms with van der Waals surface area (Å²) in [4.78, 5) is 32.9. The predicted octanol–water partition coefficient (Wildman–Crippen LogP) is 4.66. The van der Waals surface area contributed by atoms with Crippen LogP contribution in [0, 0.1) is 0 Å². The largest absolute Gasteiger partial charge is 0.324 e. The highest BCUT2D eigenvalue weighted by molar-refractivity contribution is 7.18. The fraction of sp³-hybridized carbons (Fsp3) is 0.409. The first-order valence-corrected chi connectivity index (χ1v) is 10.7. The summed E-state index contributed by atoms with van der Waals surface area (Å²) >= 11 is 1.62. The number of rotatable bonds is 5. The zero-order chi connectivity index (χ0) is 19.8. The molecule has 0 spiro atoms. The van der Waals surface area contributed by atoms with E-state index in [1.807, 2.05) is 31.2 Å². The maximum atomic E-state index is 13.2. The first-order chi connectivity index (χ1) is 13.5. The second-order valence-corrected chi connectivity index (χ2v) is 8.73. The van der Waals surface area contributed by atoms with E-state index in [1.165, 1.54) is 9.44 Å². The normalized spacial score (nSPS) is 14.4. The number of aromatic nitrogens is 2. The summed E-state index contributed by atoms with van der Waals surface area (Å²) in [5.41, 5.74) is 2.94. The third kappa shape index (κ3) is 3.15. The number of nitrogens with one attached hydrogen (secondary N) is 1. The van der Waals surface area contributed by atoms with Crippen LogP contribution >= 0.6 is 11.3 Å². The molecule has 0 saturated carbocycles. The van der Waals surface area contributed by atoms with Gasteiger partial charge in [-0.15, -0.1) is 11.3 Å². The lowest BCUT2D eigenvalue weighted by atomic mass is 10.0. The van der Waals surface area contributed by atoms with Gasteiger partial charge in [0.15, 0.2) is 0 Å². The Morgan fingerprint density at radius 2 is 2.07 bits per heavy atom. The molecule has 6 heteroatoms. The van der Waals surface area contributed by atoms with Gasteiger partial charge in [-0.3, -0.25) is 14.2 Å². The molecule has 0 fully saturated rings. The molecule has 4 rings (SSSR count). The van der Waals surface area contributed by atoms with Gasteiger partial charge in [0.25, 0.3) is 5.56 Å². The average Bonchev–Trinajstić information content (AvgIpc) is 3.25. The minimum absolute atomic E-state index is 0.0939. The van der Waals surface area contributed by atoms with Crippen LogP contribution < -0.4 is 10.9 Å². The van der Waals surface area contributed by atoms with Crippen molar-refractivity contribution in [2.45, 2.75) is 58.4 Å². The molecule has 0 aliphatic heterocycles. The molecule has 146 valence electrons. The van der Waals surface area contributed by atoms with Crippen molar-refractivity contribution >= 4 is 33.1 Å². The smallest absolute Gasteiger partial charge is 0.263 e. The number of hydrogen-bond donors (Lipinski definition) is 1. The van der Waals surface area contributed by atoms with Gasteiger partial charge in [0.1, 0.15) is 10.9 Å². The first-order valence-electron chi connectivity index (χ1n) is 9.92. The molecule has 28 heavy (non-hydrogen) atoms. The lowest BCUT2D eigenvalue weighted by Crippen LogP contribution is -2.33. The number of thiophene rings is 1. The van der Waals surface area contributed by atoms with Gasteiger partial charge in [-0.1, -0.05) is 39.0 Å². The summed E-state index contributed by atoms with van der Waals surface area (Å²) in [5, 5.41) is 3.76. The van der Waals surface area contributed by atoms with E-state index in [0.29, 0.717) is 17.7 Å². The Morgan fingerprint density at radius 3 is 2.82 bits per heavy atom. The van der Waals surface area contributed by atoms with Crippen molar-refractivity contribution in [1.29, 1.82) is 0 Å². The minimum Gasteiger partial charge on any atom is -0.324 e. The molecular formula is C22H25N3O2S. The highest BCUT2D eigenvalue weighted by Crippen LogP contribution is 2.34. The number of fused-ring (bicyclic) bond motifs is 3. The lowest BCUT2D eigenvalue weighted by molar-refractivity contribution is -0.119. The van der Waals surface area contributed by atoms with Gasteiger partial charge in [-0.05, 0) is 48.8 Å². The maximum Gasteiger partial charge on any atom is 0.263 e. The van der Waals surface area contributed by atoms with E-state index in [1.54, 1.807) is 17.7 Å². The van der Waals surface area contributed by atoms with Crippen LogP contribution in [0.25, 0.3) is 10.2 Å². The van der Waals surface area contributed by atoms with E-state index >= 15 is 0 Å². The van der Waals surface area contributed by atoms with E-state index in [-0.39, 0.29) is 11.5 Å². The molecule has 1 atom stereocenters. The van der Waals surface area contributed by atoms with E-state index in [2.05, 4.69) is 24.1 Å². The van der Waals surface area contributed by atoms with Crippen LogP contribution in [0.15, 0.2) is 35.4 Å². The van der Waals surface area contributed by atoms with E-state index < -0.39 is 6.04 Å². The average molecular weight is 396 g/mol. The number of para-hydroxylation sites is 1. The summed E-state index contributed by atoms with van der Waals surface area (Å²) in [5.74, 6) is 0.122. The number of amides is 1. The van der Waals surface area contributed by atoms with Crippen LogP contribution in [0.1, 0.15) is 61.6 Å². The molecule has 1 unspecified atom stereocenters. The van der Waals surface area contributed by atoms with Gasteiger partial charge in [-0.25, -0.2) is 4.98 Å². The lowest BCUT2D eigenvalue weighted by Gasteiger charge is -2.20. The van der Waals surface area contributed by atoms with Gasteiger partial charge < -0.3 is 5.32 Å². The SMILES string of the molecule is CCC(C(=O)Nc1ccccc1C(C)C)n1cnc2sc3c(c2c1=O)CCC3. The monoisotopic (exact) mass is 395 g/mol. The maximum absolute atomic E-state index is 13.2. The highest BCUT2D eigenvalue weighted by atomic mass is 32.1. The second kappa shape index (κ2) is 7.51. The summed E-state index contributed by atoms with van der Waals surface area (Å²) in [7, 11) is 0. The third-order valence-electron chi connectivity index (χ3n) is 5.52. The molecule has 3 aromatic rings. The molecule has 1 aromatic carbocycles. The first kappa shape index (κ1) is 18.9. The van der Waals surface area contributed by atoms with Crippen molar-refractivity contribution in [2.75, 3.05) is 5.32 Å². The fourth-order valence-electron chi connectivity index (χ4n) is 4.06. The number of nitrogens with zero attached hydrogens (tertiary/aromatic N) is 2. The molecule has 2 heterocycles. The van der Waals surface area contributed by atoms with Crippen molar-refractivity contribution < 1.29 is 4.79 Å². The van der Waals surface area contributed by atoms with Crippen molar-refractivity contribution in [3.8, 4) is 0 Å². The molecule has 1 aliphatic rings. The second-order valence-electron chi connectivity index (χ2n) is 7.65. The molecule has 0 radical (unpaired) electrons. The van der Waals surface area contributed by atoms with Gasteiger partial charge >= 0.3 is 0 Å².